The molecule has 0 aromatic heterocycles. The fourth-order valence-corrected chi connectivity index (χ4v) is 2.43. The fourth-order valence-electron chi connectivity index (χ4n) is 1.81. The van der Waals surface area contributed by atoms with Crippen molar-refractivity contribution < 1.29 is 19.1 Å². The van der Waals surface area contributed by atoms with Crippen molar-refractivity contribution in [2.45, 2.75) is 6.42 Å². The highest BCUT2D eigenvalue weighted by Crippen LogP contribution is 2.29. The molecule has 102 valence electrons. The largest absolute Gasteiger partial charge is 0.468 e. The van der Waals surface area contributed by atoms with Crippen molar-refractivity contribution in [2.75, 3.05) is 14.2 Å². The minimum Gasteiger partial charge on any atom is -0.468 e. The van der Waals surface area contributed by atoms with Gasteiger partial charge in [-0.15, -0.1) is 0 Å². The second kappa shape index (κ2) is 7.28. The van der Waals surface area contributed by atoms with Gasteiger partial charge in [0.05, 0.1) is 14.2 Å². The van der Waals surface area contributed by atoms with Crippen LogP contribution in [0.5, 0.6) is 0 Å². The Morgan fingerprint density at radius 1 is 1.16 bits per heavy atom. The molecule has 0 saturated carbocycles. The number of methoxy groups -OCH3 is 2. The van der Waals surface area contributed by atoms with Crippen LogP contribution in [0.4, 0.5) is 0 Å². The number of carbonyl (C=O) groups is 2. The van der Waals surface area contributed by atoms with Gasteiger partial charge >= 0.3 is 11.9 Å². The summed E-state index contributed by atoms with van der Waals surface area (Å²) in [7, 11) is 2.51. The Morgan fingerprint density at radius 3 is 2.11 bits per heavy atom. The summed E-state index contributed by atoms with van der Waals surface area (Å²) in [4.78, 5) is 24.1. The topological polar surface area (TPSA) is 52.6 Å². The lowest BCUT2D eigenvalue weighted by atomic mass is 9.81. The van der Waals surface area contributed by atoms with Crippen molar-refractivity contribution in [1.29, 1.82) is 0 Å². The molecule has 0 atom stereocenters. The van der Waals surface area contributed by atoms with Crippen LogP contribution in [0.15, 0.2) is 40.5 Å². The van der Waals surface area contributed by atoms with Crippen molar-refractivity contribution in [2.24, 2.45) is 5.41 Å². The molecule has 0 N–H and O–H groups in total. The molecule has 0 aliphatic rings. The summed E-state index contributed by atoms with van der Waals surface area (Å²) < 4.78 is 11.2. The number of halogens is 1. The minimum absolute atomic E-state index is 0.201. The lowest BCUT2D eigenvalue weighted by molar-refractivity contribution is -0.165. The molecule has 0 aliphatic heterocycles. The van der Waals surface area contributed by atoms with Crippen molar-refractivity contribution in [3.8, 4) is 0 Å². The van der Waals surface area contributed by atoms with Gasteiger partial charge in [0.1, 0.15) is 0 Å². The van der Waals surface area contributed by atoms with Gasteiger partial charge in [-0.05, 0) is 15.7 Å². The second-order valence-electron chi connectivity index (χ2n) is 3.91. The molecule has 0 spiro atoms. The van der Waals surface area contributed by atoms with Crippen LogP contribution < -0.4 is 0 Å². The molecule has 0 heterocycles. The number of rotatable bonds is 5. The number of benzene rings is 1. The van der Waals surface area contributed by atoms with Crippen LogP contribution >= 0.6 is 22.6 Å². The third-order valence-corrected chi connectivity index (χ3v) is 3.13. The van der Waals surface area contributed by atoms with Crippen molar-refractivity contribution in [3.05, 3.63) is 46.1 Å². The molecule has 4 nitrogen and oxygen atoms in total. The fraction of sp³-hybridized carbons (Fsp3) is 0.286. The quantitative estimate of drug-likeness (QED) is 0.452. The molecule has 0 fully saturated rings. The molecule has 0 bridgehead atoms. The number of hydrogen-bond acceptors (Lipinski definition) is 4. The molecule has 1 rings (SSSR count). The Bertz CT molecular complexity index is 452. The van der Waals surface area contributed by atoms with E-state index < -0.39 is 17.4 Å². The molecule has 0 aliphatic carbocycles. The Hall–Kier alpha value is -1.37. The predicted octanol–water partition coefficient (Wildman–Crippen LogP) is 2.51. The summed E-state index contributed by atoms with van der Waals surface area (Å²) in [5, 5.41) is 0. The first-order chi connectivity index (χ1) is 9.10. The van der Waals surface area contributed by atoms with E-state index in [1.54, 1.807) is 4.08 Å². The maximum absolute atomic E-state index is 12.1. The lowest BCUT2D eigenvalue weighted by Gasteiger charge is -2.24. The molecular formula is C14H15IO4. The zero-order valence-corrected chi connectivity index (χ0v) is 12.9. The van der Waals surface area contributed by atoms with Crippen LogP contribution in [0.2, 0.25) is 0 Å². The summed E-state index contributed by atoms with van der Waals surface area (Å²) in [6.45, 7) is 0. The molecule has 0 saturated heterocycles. The molecule has 0 amide bonds. The van der Waals surface area contributed by atoms with E-state index in [9.17, 15) is 9.59 Å². The maximum atomic E-state index is 12.1. The number of esters is 2. The molecule has 0 unspecified atom stereocenters. The predicted molar refractivity (Wildman–Crippen MR) is 79.8 cm³/mol. The Morgan fingerprint density at radius 2 is 1.68 bits per heavy atom. The van der Waals surface area contributed by atoms with Crippen LogP contribution in [0.1, 0.15) is 5.56 Å². The van der Waals surface area contributed by atoms with E-state index in [1.807, 2.05) is 52.9 Å². The zero-order chi connectivity index (χ0) is 14.3. The van der Waals surface area contributed by atoms with Crippen LogP contribution in [0.3, 0.4) is 0 Å². The summed E-state index contributed by atoms with van der Waals surface area (Å²) in [6, 6.07) is 9.27. The summed E-state index contributed by atoms with van der Waals surface area (Å²) >= 11 is 1.96. The average molecular weight is 374 g/mol. The van der Waals surface area contributed by atoms with Gasteiger partial charge in [-0.3, -0.25) is 9.59 Å². The standard InChI is InChI=1S/C14H15IO4/c1-18-12(16)14(8-9-15,13(17)19-2)10-11-6-4-3-5-7-11/h3-9H,10H2,1-2H3/b9-8+. The van der Waals surface area contributed by atoms with Gasteiger partial charge in [0, 0.05) is 6.42 Å². The van der Waals surface area contributed by atoms with E-state index in [1.165, 1.54) is 20.3 Å². The molecule has 0 radical (unpaired) electrons. The number of hydrogen-bond donors (Lipinski definition) is 0. The van der Waals surface area contributed by atoms with E-state index in [0.29, 0.717) is 0 Å². The van der Waals surface area contributed by atoms with Gasteiger partial charge in [-0.2, -0.15) is 0 Å². The van der Waals surface area contributed by atoms with E-state index in [2.05, 4.69) is 0 Å². The van der Waals surface area contributed by atoms with E-state index in [4.69, 9.17) is 9.47 Å². The molecule has 1 aromatic carbocycles. The first-order valence-electron chi connectivity index (χ1n) is 5.59. The summed E-state index contributed by atoms with van der Waals surface area (Å²) in [5.41, 5.74) is -0.584. The monoisotopic (exact) mass is 374 g/mol. The smallest absolute Gasteiger partial charge is 0.327 e. The Kier molecular flexibility index (Phi) is 6.01. The lowest BCUT2D eigenvalue weighted by Crippen LogP contribution is -2.41. The van der Waals surface area contributed by atoms with Gasteiger partial charge in [0.2, 0.25) is 0 Å². The molecule has 5 heteroatoms. The minimum atomic E-state index is -1.44. The first-order valence-corrected chi connectivity index (χ1v) is 6.84. The zero-order valence-electron chi connectivity index (χ0n) is 10.8. The molecular weight excluding hydrogens is 359 g/mol. The van der Waals surface area contributed by atoms with Gasteiger partial charge < -0.3 is 9.47 Å². The van der Waals surface area contributed by atoms with Gasteiger partial charge in [-0.1, -0.05) is 52.9 Å². The SMILES string of the molecule is COC(=O)C(/C=C/I)(Cc1ccccc1)C(=O)OC. The van der Waals surface area contributed by atoms with Crippen LogP contribution in [0.25, 0.3) is 0 Å². The number of ether oxygens (including phenoxy) is 2. The highest BCUT2D eigenvalue weighted by atomic mass is 127. The van der Waals surface area contributed by atoms with Crippen molar-refractivity contribution in [1.82, 2.24) is 0 Å². The summed E-state index contributed by atoms with van der Waals surface area (Å²) in [5.74, 6) is -1.26. The first kappa shape index (κ1) is 15.7. The van der Waals surface area contributed by atoms with Crippen LogP contribution in [-0.2, 0) is 25.5 Å². The third-order valence-electron chi connectivity index (χ3n) is 2.77. The van der Waals surface area contributed by atoms with E-state index >= 15 is 0 Å². The van der Waals surface area contributed by atoms with Gasteiger partial charge in [0.25, 0.3) is 0 Å². The van der Waals surface area contributed by atoms with Crippen molar-refractivity contribution >= 4 is 34.5 Å². The average Bonchev–Trinajstić information content (AvgIpc) is 2.46. The van der Waals surface area contributed by atoms with Crippen LogP contribution in [-0.4, -0.2) is 26.2 Å². The third kappa shape index (κ3) is 3.56. The highest BCUT2D eigenvalue weighted by Gasteiger charge is 2.46. The normalized spacial score (nSPS) is 11.3. The van der Waals surface area contributed by atoms with Gasteiger partial charge in [-0.25, -0.2) is 0 Å². The second-order valence-corrected chi connectivity index (χ2v) is 4.63. The maximum Gasteiger partial charge on any atom is 0.327 e. The Balaban J connectivity index is 3.23. The molecule has 19 heavy (non-hydrogen) atoms. The highest BCUT2D eigenvalue weighted by molar-refractivity contribution is 14.1. The Labute approximate surface area is 125 Å². The molecule has 1 aromatic rings. The van der Waals surface area contributed by atoms with Gasteiger partial charge in [0.15, 0.2) is 5.41 Å². The summed E-state index contributed by atoms with van der Waals surface area (Å²) in [6.07, 6.45) is 1.71. The number of carbonyl (C=O) groups excluding carboxylic acids is 2. The van der Waals surface area contributed by atoms with Crippen molar-refractivity contribution in [3.63, 3.8) is 0 Å². The van der Waals surface area contributed by atoms with Crippen LogP contribution in [0, 0.1) is 5.41 Å². The van der Waals surface area contributed by atoms with E-state index in [0.717, 1.165) is 5.56 Å². The van der Waals surface area contributed by atoms with E-state index in [-0.39, 0.29) is 6.42 Å².